The first-order valence-corrected chi connectivity index (χ1v) is 22.1. The van der Waals surface area contributed by atoms with Crippen LogP contribution in [-0.2, 0) is 5.41 Å². The van der Waals surface area contributed by atoms with Crippen LogP contribution in [0.1, 0.15) is 22.3 Å². The first-order chi connectivity index (χ1) is 32.1. The molecule has 0 radical (unpaired) electrons. The van der Waals surface area contributed by atoms with Gasteiger partial charge in [-0.15, -0.1) is 0 Å². The molecule has 10 aromatic carbocycles. The van der Waals surface area contributed by atoms with Gasteiger partial charge >= 0.3 is 0 Å². The monoisotopic (exact) mass is 834 g/mol. The highest BCUT2D eigenvalue weighted by atomic mass is 19.1. The zero-order chi connectivity index (χ0) is 43.1. The summed E-state index contributed by atoms with van der Waals surface area (Å²) in [5.41, 5.74) is 17.1. The lowest BCUT2D eigenvalue weighted by atomic mass is 9.65. The Balaban J connectivity index is 1.08. The zero-order valence-corrected chi connectivity index (χ0v) is 35.2. The van der Waals surface area contributed by atoms with E-state index >= 15 is 0 Å². The number of aromatic nitrogens is 1. The van der Waals surface area contributed by atoms with Crippen molar-refractivity contribution in [3.05, 3.63) is 265 Å². The van der Waals surface area contributed by atoms with E-state index in [1.165, 1.54) is 34.4 Å². The zero-order valence-electron chi connectivity index (χ0n) is 35.2. The second-order valence-electron chi connectivity index (χ2n) is 17.0. The van der Waals surface area contributed by atoms with Gasteiger partial charge in [0.2, 0.25) is 0 Å². The summed E-state index contributed by atoms with van der Waals surface area (Å²) in [4.78, 5) is 2.38. The maximum atomic E-state index is 14.2. The van der Waals surface area contributed by atoms with Crippen LogP contribution in [0.2, 0.25) is 0 Å². The molecule has 3 nitrogen and oxygen atoms in total. The first kappa shape index (κ1) is 37.1. The van der Waals surface area contributed by atoms with Gasteiger partial charge in [0.05, 0.1) is 16.4 Å². The normalized spacial score (nSPS) is 12.9. The lowest BCUT2D eigenvalue weighted by Crippen LogP contribution is -2.32. The predicted molar refractivity (Wildman–Crippen MR) is 264 cm³/mol. The number of nitrogens with zero attached hydrogens (tertiary/aromatic N) is 2. The summed E-state index contributed by atoms with van der Waals surface area (Å²) in [7, 11) is 0. The number of halogens is 1. The fraction of sp³-hybridized carbons (Fsp3) is 0.0164. The highest BCUT2D eigenvalue weighted by Crippen LogP contribution is 2.63. The Hall–Kier alpha value is -8.47. The topological polar surface area (TPSA) is 17.4 Å². The third-order valence-corrected chi connectivity index (χ3v) is 13.5. The van der Waals surface area contributed by atoms with Gasteiger partial charge in [-0.3, -0.25) is 0 Å². The molecule has 0 amide bonds. The average Bonchev–Trinajstić information content (AvgIpc) is 3.85. The van der Waals surface area contributed by atoms with Crippen LogP contribution in [0.25, 0.3) is 60.9 Å². The van der Waals surface area contributed by atoms with E-state index in [0.717, 1.165) is 89.4 Å². The van der Waals surface area contributed by atoms with Gasteiger partial charge in [0.15, 0.2) is 0 Å². The Morgan fingerprint density at radius 3 is 1.62 bits per heavy atom. The van der Waals surface area contributed by atoms with Crippen molar-refractivity contribution >= 4 is 38.9 Å². The Morgan fingerprint density at radius 1 is 0.369 bits per heavy atom. The van der Waals surface area contributed by atoms with Gasteiger partial charge in [-0.1, -0.05) is 140 Å². The van der Waals surface area contributed by atoms with Gasteiger partial charge in [0.1, 0.15) is 17.3 Å². The van der Waals surface area contributed by atoms with Gasteiger partial charge < -0.3 is 14.2 Å². The SMILES string of the molecule is Fc1ccc(-n2c3ccccc3c3cc(N(c4ccccc4)c4ccc5c(c4)C4(c6cc(-c7ccccc7)ccc6Oc6ccc(-c7ccccc7)cc64)c4ccccc4-5)ccc32)cc1. The van der Waals surface area contributed by atoms with Gasteiger partial charge in [0.25, 0.3) is 0 Å². The molecule has 0 fully saturated rings. The standard InChI is InChI=1S/C61H39FN2O/c62-44-26-28-46(29-27-44)64-57-23-13-11-21-51(57)52-38-47(31-33-58(52)64)63(45-18-8-3-9-19-45)48-30-32-50-49-20-10-12-22-53(49)61(54(50)39-48)55-36-42(40-14-4-1-5-15-40)24-34-59(55)65-60-35-25-43(37-56(60)61)41-16-6-2-7-17-41/h1-39H. The van der Waals surface area contributed by atoms with E-state index in [1.54, 1.807) is 0 Å². The number of benzene rings is 10. The maximum absolute atomic E-state index is 14.2. The smallest absolute Gasteiger partial charge is 0.132 e. The van der Waals surface area contributed by atoms with Crippen LogP contribution in [0.15, 0.2) is 237 Å². The molecule has 1 aliphatic heterocycles. The second kappa shape index (κ2) is 14.5. The molecule has 0 atom stereocenters. The molecule has 1 spiro atoms. The van der Waals surface area contributed by atoms with Crippen molar-refractivity contribution in [3.8, 4) is 50.6 Å². The van der Waals surface area contributed by atoms with Crippen LogP contribution in [0.5, 0.6) is 11.5 Å². The van der Waals surface area contributed by atoms with E-state index in [0.29, 0.717) is 0 Å². The molecule has 4 heteroatoms. The number of hydrogen-bond acceptors (Lipinski definition) is 2. The number of fused-ring (bicyclic) bond motifs is 12. The van der Waals surface area contributed by atoms with Crippen LogP contribution in [-0.4, -0.2) is 4.57 Å². The van der Waals surface area contributed by atoms with Crippen LogP contribution in [0.3, 0.4) is 0 Å². The highest BCUT2D eigenvalue weighted by molar-refractivity contribution is 6.10. The minimum Gasteiger partial charge on any atom is -0.457 e. The quantitative estimate of drug-likeness (QED) is 0.166. The summed E-state index contributed by atoms with van der Waals surface area (Å²) in [6.07, 6.45) is 0. The van der Waals surface area contributed by atoms with E-state index in [4.69, 9.17) is 4.74 Å². The number of ether oxygens (including phenoxy) is 1. The van der Waals surface area contributed by atoms with Crippen LogP contribution in [0, 0.1) is 5.82 Å². The van der Waals surface area contributed by atoms with Gasteiger partial charge in [-0.25, -0.2) is 4.39 Å². The molecule has 13 rings (SSSR count). The molecule has 0 unspecified atom stereocenters. The van der Waals surface area contributed by atoms with Gasteiger partial charge in [-0.05, 0) is 142 Å². The molecule has 11 aromatic rings. The Kier molecular flexibility index (Phi) is 8.31. The molecule has 1 aliphatic carbocycles. The first-order valence-electron chi connectivity index (χ1n) is 22.1. The van der Waals surface area contributed by atoms with Crippen molar-refractivity contribution < 1.29 is 9.13 Å². The lowest BCUT2D eigenvalue weighted by molar-refractivity contribution is 0.436. The fourth-order valence-corrected chi connectivity index (χ4v) is 10.7. The summed E-state index contributed by atoms with van der Waals surface area (Å²) in [6, 6.07) is 83.2. The van der Waals surface area contributed by atoms with Crippen molar-refractivity contribution in [2.75, 3.05) is 4.90 Å². The largest absolute Gasteiger partial charge is 0.457 e. The van der Waals surface area contributed by atoms with Crippen molar-refractivity contribution in [2.45, 2.75) is 5.41 Å². The minimum absolute atomic E-state index is 0.254. The number of rotatable bonds is 6. The van der Waals surface area contributed by atoms with Crippen LogP contribution >= 0.6 is 0 Å². The summed E-state index contributed by atoms with van der Waals surface area (Å²) >= 11 is 0. The highest BCUT2D eigenvalue weighted by Gasteiger charge is 2.51. The van der Waals surface area contributed by atoms with E-state index in [2.05, 4.69) is 222 Å². The lowest BCUT2D eigenvalue weighted by Gasteiger charge is -2.40. The van der Waals surface area contributed by atoms with Crippen molar-refractivity contribution in [1.29, 1.82) is 0 Å². The second-order valence-corrected chi connectivity index (χ2v) is 17.0. The molecule has 0 saturated heterocycles. The van der Waals surface area contributed by atoms with Crippen molar-refractivity contribution in [1.82, 2.24) is 4.57 Å². The predicted octanol–water partition coefficient (Wildman–Crippen LogP) is 16.2. The average molecular weight is 835 g/mol. The summed E-state index contributed by atoms with van der Waals surface area (Å²) in [5.74, 6) is 1.44. The molecular weight excluding hydrogens is 796 g/mol. The molecule has 2 aliphatic rings. The molecule has 0 bridgehead atoms. The van der Waals surface area contributed by atoms with Crippen molar-refractivity contribution in [2.24, 2.45) is 0 Å². The van der Waals surface area contributed by atoms with Crippen LogP contribution < -0.4 is 9.64 Å². The summed E-state index contributed by atoms with van der Waals surface area (Å²) in [5, 5.41) is 2.24. The van der Waals surface area contributed by atoms with Crippen molar-refractivity contribution in [3.63, 3.8) is 0 Å². The molecule has 65 heavy (non-hydrogen) atoms. The fourth-order valence-electron chi connectivity index (χ4n) is 10.7. The number of para-hydroxylation sites is 2. The molecule has 1 aromatic heterocycles. The molecule has 0 saturated carbocycles. The molecule has 0 N–H and O–H groups in total. The summed E-state index contributed by atoms with van der Waals surface area (Å²) < 4.78 is 23.4. The van der Waals surface area contributed by atoms with E-state index in [9.17, 15) is 4.39 Å². The Bertz CT molecular complexity index is 3550. The number of hydrogen-bond donors (Lipinski definition) is 0. The third kappa shape index (κ3) is 5.67. The number of anilines is 3. The molecule has 306 valence electrons. The maximum Gasteiger partial charge on any atom is 0.132 e. The Morgan fingerprint density at radius 2 is 0.923 bits per heavy atom. The van der Waals surface area contributed by atoms with E-state index in [1.807, 2.05) is 12.1 Å². The van der Waals surface area contributed by atoms with Crippen LogP contribution in [0.4, 0.5) is 21.5 Å². The van der Waals surface area contributed by atoms with E-state index < -0.39 is 5.41 Å². The minimum atomic E-state index is -0.727. The molecule has 2 heterocycles. The third-order valence-electron chi connectivity index (χ3n) is 13.5. The molecular formula is C61H39FN2O. The van der Waals surface area contributed by atoms with E-state index in [-0.39, 0.29) is 5.82 Å². The Labute approximate surface area is 376 Å². The summed E-state index contributed by atoms with van der Waals surface area (Å²) in [6.45, 7) is 0. The van der Waals surface area contributed by atoms with Gasteiger partial charge in [0, 0.05) is 44.6 Å². The van der Waals surface area contributed by atoms with Gasteiger partial charge in [-0.2, -0.15) is 0 Å².